The van der Waals surface area contributed by atoms with Gasteiger partial charge in [-0.2, -0.15) is 5.10 Å². The number of para-hydroxylation sites is 1. The monoisotopic (exact) mass is 342 g/mol. The molecule has 2 aliphatic rings. The summed E-state index contributed by atoms with van der Waals surface area (Å²) in [5.74, 6) is -0.614. The standard InChI is InChI=1S/C20H20F2N2O/c21-17-2-1-3-18(22)20(17)24-11-8-19(23-24)16-6-4-14(5-7-16)15-9-12-25-13-10-15/h1-7,15H,8-13H2. The van der Waals surface area contributed by atoms with E-state index in [1.807, 2.05) is 0 Å². The SMILES string of the molecule is Fc1cccc(F)c1N1CCC(c2ccc(C3CCOCC3)cc2)=N1. The van der Waals surface area contributed by atoms with Crippen LogP contribution in [0.2, 0.25) is 0 Å². The van der Waals surface area contributed by atoms with Crippen LogP contribution in [0.5, 0.6) is 0 Å². The Balaban J connectivity index is 1.54. The number of rotatable bonds is 3. The van der Waals surface area contributed by atoms with Crippen molar-refractivity contribution in [3.63, 3.8) is 0 Å². The molecular weight excluding hydrogens is 322 g/mol. The fourth-order valence-electron chi connectivity index (χ4n) is 3.54. The first-order chi connectivity index (χ1) is 12.2. The average Bonchev–Trinajstić information content (AvgIpc) is 3.12. The van der Waals surface area contributed by atoms with Gasteiger partial charge in [-0.1, -0.05) is 30.3 Å². The summed E-state index contributed by atoms with van der Waals surface area (Å²) in [6.07, 6.45) is 2.78. The van der Waals surface area contributed by atoms with E-state index in [-0.39, 0.29) is 5.69 Å². The van der Waals surface area contributed by atoms with Gasteiger partial charge in [-0.25, -0.2) is 8.78 Å². The lowest BCUT2D eigenvalue weighted by molar-refractivity contribution is 0.0853. The molecule has 0 aliphatic carbocycles. The summed E-state index contributed by atoms with van der Waals surface area (Å²) in [5.41, 5.74) is 3.12. The van der Waals surface area contributed by atoms with Gasteiger partial charge in [0.15, 0.2) is 11.6 Å². The fourth-order valence-corrected chi connectivity index (χ4v) is 3.54. The first-order valence-electron chi connectivity index (χ1n) is 8.69. The van der Waals surface area contributed by atoms with Gasteiger partial charge in [0.2, 0.25) is 0 Å². The summed E-state index contributed by atoms with van der Waals surface area (Å²) in [4.78, 5) is 0. The van der Waals surface area contributed by atoms with E-state index < -0.39 is 11.6 Å². The molecule has 4 rings (SSSR count). The van der Waals surface area contributed by atoms with E-state index >= 15 is 0 Å². The van der Waals surface area contributed by atoms with Crippen LogP contribution in [0.3, 0.4) is 0 Å². The van der Waals surface area contributed by atoms with Crippen LogP contribution in [-0.4, -0.2) is 25.5 Å². The molecule has 5 heteroatoms. The van der Waals surface area contributed by atoms with Gasteiger partial charge in [0.25, 0.3) is 0 Å². The highest BCUT2D eigenvalue weighted by Crippen LogP contribution is 2.29. The molecule has 130 valence electrons. The molecule has 0 bridgehead atoms. The Morgan fingerprint density at radius 1 is 0.960 bits per heavy atom. The van der Waals surface area contributed by atoms with Gasteiger partial charge in [-0.3, -0.25) is 5.01 Å². The number of ether oxygens (including phenoxy) is 1. The Morgan fingerprint density at radius 3 is 2.32 bits per heavy atom. The second-order valence-electron chi connectivity index (χ2n) is 6.50. The number of hydrazone groups is 1. The smallest absolute Gasteiger partial charge is 0.151 e. The third-order valence-corrected chi connectivity index (χ3v) is 4.93. The van der Waals surface area contributed by atoms with Crippen molar-refractivity contribution in [1.82, 2.24) is 0 Å². The van der Waals surface area contributed by atoms with Crippen LogP contribution in [-0.2, 0) is 4.74 Å². The molecule has 3 nitrogen and oxygen atoms in total. The molecule has 1 fully saturated rings. The van der Waals surface area contributed by atoms with Crippen LogP contribution in [0, 0.1) is 11.6 Å². The molecule has 25 heavy (non-hydrogen) atoms. The highest BCUT2D eigenvalue weighted by Gasteiger charge is 2.23. The molecule has 2 aromatic carbocycles. The summed E-state index contributed by atoms with van der Waals surface area (Å²) in [5, 5.41) is 5.87. The van der Waals surface area contributed by atoms with E-state index in [4.69, 9.17) is 4.74 Å². The van der Waals surface area contributed by atoms with Crippen molar-refractivity contribution in [2.75, 3.05) is 24.8 Å². The van der Waals surface area contributed by atoms with Gasteiger partial charge < -0.3 is 4.74 Å². The summed E-state index contributed by atoms with van der Waals surface area (Å²) in [7, 11) is 0. The van der Waals surface area contributed by atoms with Gasteiger partial charge in [0.1, 0.15) is 5.69 Å². The van der Waals surface area contributed by atoms with Crippen LogP contribution in [0.25, 0.3) is 0 Å². The zero-order valence-electron chi connectivity index (χ0n) is 13.9. The maximum atomic E-state index is 13.9. The highest BCUT2D eigenvalue weighted by atomic mass is 19.1. The third kappa shape index (κ3) is 3.29. The maximum absolute atomic E-state index is 13.9. The van der Waals surface area contributed by atoms with E-state index in [1.165, 1.54) is 28.8 Å². The number of hydrogen-bond donors (Lipinski definition) is 0. The van der Waals surface area contributed by atoms with Crippen LogP contribution >= 0.6 is 0 Å². The summed E-state index contributed by atoms with van der Waals surface area (Å²) >= 11 is 0. The minimum absolute atomic E-state index is 0.0728. The lowest BCUT2D eigenvalue weighted by atomic mass is 9.91. The topological polar surface area (TPSA) is 24.8 Å². The Kier molecular flexibility index (Phi) is 4.49. The Morgan fingerprint density at radius 2 is 1.64 bits per heavy atom. The Labute approximate surface area is 145 Å². The molecule has 0 N–H and O–H groups in total. The Bertz CT molecular complexity index is 763. The lowest BCUT2D eigenvalue weighted by Crippen LogP contribution is -2.15. The third-order valence-electron chi connectivity index (χ3n) is 4.93. The molecule has 2 aliphatic heterocycles. The van der Waals surface area contributed by atoms with Crippen LogP contribution in [0.1, 0.15) is 36.3 Å². The molecule has 0 spiro atoms. The largest absolute Gasteiger partial charge is 0.381 e. The molecule has 0 radical (unpaired) electrons. The second kappa shape index (κ2) is 6.92. The molecule has 0 amide bonds. The zero-order chi connectivity index (χ0) is 17.2. The first-order valence-corrected chi connectivity index (χ1v) is 8.69. The molecular formula is C20H20F2N2O. The zero-order valence-corrected chi connectivity index (χ0v) is 13.9. The van der Waals surface area contributed by atoms with E-state index in [1.54, 1.807) is 0 Å². The lowest BCUT2D eigenvalue weighted by Gasteiger charge is -2.22. The van der Waals surface area contributed by atoms with Crippen molar-refractivity contribution in [3.8, 4) is 0 Å². The van der Waals surface area contributed by atoms with Crippen LogP contribution in [0.4, 0.5) is 14.5 Å². The number of hydrogen-bond acceptors (Lipinski definition) is 3. The predicted molar refractivity (Wildman–Crippen MR) is 94.1 cm³/mol. The van der Waals surface area contributed by atoms with E-state index in [0.717, 1.165) is 37.3 Å². The number of anilines is 1. The first kappa shape index (κ1) is 16.2. The van der Waals surface area contributed by atoms with Gasteiger partial charge in [-0.05, 0) is 42.0 Å². The van der Waals surface area contributed by atoms with Gasteiger partial charge >= 0.3 is 0 Å². The molecule has 2 heterocycles. The summed E-state index contributed by atoms with van der Waals surface area (Å²) in [6.45, 7) is 2.12. The highest BCUT2D eigenvalue weighted by molar-refractivity contribution is 6.02. The molecule has 0 unspecified atom stereocenters. The van der Waals surface area contributed by atoms with Crippen LogP contribution in [0.15, 0.2) is 47.6 Å². The molecule has 0 saturated carbocycles. The average molecular weight is 342 g/mol. The molecule has 0 atom stereocenters. The maximum Gasteiger partial charge on any atom is 0.151 e. The number of halogens is 2. The van der Waals surface area contributed by atoms with Crippen molar-refractivity contribution in [3.05, 3.63) is 65.2 Å². The van der Waals surface area contributed by atoms with E-state index in [9.17, 15) is 8.78 Å². The second-order valence-corrected chi connectivity index (χ2v) is 6.50. The minimum Gasteiger partial charge on any atom is -0.381 e. The minimum atomic E-state index is -0.583. The van der Waals surface area contributed by atoms with Crippen molar-refractivity contribution in [2.45, 2.75) is 25.2 Å². The van der Waals surface area contributed by atoms with Crippen LogP contribution < -0.4 is 5.01 Å². The quantitative estimate of drug-likeness (QED) is 0.822. The van der Waals surface area contributed by atoms with Crippen molar-refractivity contribution < 1.29 is 13.5 Å². The molecule has 0 aromatic heterocycles. The number of benzene rings is 2. The van der Waals surface area contributed by atoms with Gasteiger partial charge in [0.05, 0.1) is 5.71 Å². The van der Waals surface area contributed by atoms with E-state index in [2.05, 4.69) is 29.4 Å². The van der Waals surface area contributed by atoms with Crippen molar-refractivity contribution in [2.24, 2.45) is 5.10 Å². The fraction of sp³-hybridized carbons (Fsp3) is 0.350. The summed E-state index contributed by atoms with van der Waals surface area (Å²) in [6, 6.07) is 12.3. The van der Waals surface area contributed by atoms with Gasteiger partial charge in [0, 0.05) is 26.2 Å². The summed E-state index contributed by atoms with van der Waals surface area (Å²) < 4.78 is 33.3. The Hall–Kier alpha value is -2.27. The molecule has 1 saturated heterocycles. The predicted octanol–water partition coefficient (Wildman–Crippen LogP) is 4.47. The van der Waals surface area contributed by atoms with Crippen molar-refractivity contribution in [1.29, 1.82) is 0 Å². The number of nitrogens with zero attached hydrogens (tertiary/aromatic N) is 2. The normalized spacial score (nSPS) is 18.5. The van der Waals surface area contributed by atoms with E-state index in [0.29, 0.717) is 18.9 Å². The molecule has 2 aromatic rings. The van der Waals surface area contributed by atoms with Crippen molar-refractivity contribution >= 4 is 11.4 Å². The van der Waals surface area contributed by atoms with Gasteiger partial charge in [-0.15, -0.1) is 0 Å².